The molecule has 0 bridgehead atoms. The fraction of sp³-hybridized carbons (Fsp3) is 0.333. The minimum Gasteiger partial charge on any atom is -0.368 e. The molecule has 1 atom stereocenters. The number of hydrogen-bond acceptors (Lipinski definition) is 9. The molecule has 0 spiro atoms. The van der Waals surface area contributed by atoms with Crippen LogP contribution in [0, 0.1) is 6.92 Å². The van der Waals surface area contributed by atoms with Gasteiger partial charge in [0, 0.05) is 0 Å². The summed E-state index contributed by atoms with van der Waals surface area (Å²) in [6, 6.07) is 0. The Morgan fingerprint density at radius 2 is 2.26 bits per heavy atom. The quantitative estimate of drug-likeness (QED) is 0.793. The fourth-order valence-corrected chi connectivity index (χ4v) is 2.45. The van der Waals surface area contributed by atoms with Crippen LogP contribution in [-0.4, -0.2) is 36.3 Å². The van der Waals surface area contributed by atoms with Crippen molar-refractivity contribution in [3.8, 4) is 0 Å². The van der Waals surface area contributed by atoms with Crippen molar-refractivity contribution in [1.82, 2.24) is 25.1 Å². The summed E-state index contributed by atoms with van der Waals surface area (Å²) in [5, 5.41) is 11.6. The SMILES string of the molecule is Cc1nnc(NC(=O)C(C)Sc2ncnc(N)n2)s1. The number of aryl methyl sites for hydroxylation is 1. The lowest BCUT2D eigenvalue weighted by Crippen LogP contribution is -2.22. The number of aromatic nitrogens is 5. The van der Waals surface area contributed by atoms with Crippen LogP contribution in [-0.2, 0) is 4.79 Å². The average Bonchev–Trinajstić information content (AvgIpc) is 2.74. The van der Waals surface area contributed by atoms with Crippen LogP contribution in [0.3, 0.4) is 0 Å². The van der Waals surface area contributed by atoms with Gasteiger partial charge in [0.05, 0.1) is 5.25 Å². The zero-order chi connectivity index (χ0) is 13.8. The predicted octanol–water partition coefficient (Wildman–Crippen LogP) is 0.733. The Hall–Kier alpha value is -1.81. The number of nitrogen functional groups attached to an aromatic ring is 1. The van der Waals surface area contributed by atoms with Crippen molar-refractivity contribution in [2.24, 2.45) is 0 Å². The van der Waals surface area contributed by atoms with Crippen molar-refractivity contribution in [3.05, 3.63) is 11.3 Å². The van der Waals surface area contributed by atoms with Crippen molar-refractivity contribution >= 4 is 40.1 Å². The third-order valence-electron chi connectivity index (χ3n) is 1.98. The summed E-state index contributed by atoms with van der Waals surface area (Å²) in [5.41, 5.74) is 5.44. The predicted molar refractivity (Wildman–Crippen MR) is 72.8 cm³/mol. The Balaban J connectivity index is 1.96. The molecule has 10 heteroatoms. The summed E-state index contributed by atoms with van der Waals surface area (Å²) < 4.78 is 0. The van der Waals surface area contributed by atoms with E-state index in [1.54, 1.807) is 6.92 Å². The summed E-state index contributed by atoms with van der Waals surface area (Å²) in [6.45, 7) is 3.56. The maximum absolute atomic E-state index is 11.9. The highest BCUT2D eigenvalue weighted by molar-refractivity contribution is 8.00. The Labute approximate surface area is 117 Å². The highest BCUT2D eigenvalue weighted by Gasteiger charge is 2.17. The zero-order valence-corrected chi connectivity index (χ0v) is 11.8. The third kappa shape index (κ3) is 3.83. The number of carbonyl (C=O) groups excluding carboxylic acids is 1. The minimum absolute atomic E-state index is 0.129. The van der Waals surface area contributed by atoms with Crippen LogP contribution < -0.4 is 11.1 Å². The summed E-state index contributed by atoms with van der Waals surface area (Å²) in [5.74, 6) is -0.0648. The van der Waals surface area contributed by atoms with Gasteiger partial charge in [0.15, 0.2) is 5.16 Å². The van der Waals surface area contributed by atoms with E-state index in [0.717, 1.165) is 5.01 Å². The number of rotatable bonds is 4. The first-order valence-electron chi connectivity index (χ1n) is 5.26. The van der Waals surface area contributed by atoms with Gasteiger partial charge in [-0.15, -0.1) is 10.2 Å². The monoisotopic (exact) mass is 297 g/mol. The lowest BCUT2D eigenvalue weighted by atomic mass is 10.4. The first kappa shape index (κ1) is 13.6. The molecule has 2 aromatic heterocycles. The maximum atomic E-state index is 11.9. The van der Waals surface area contributed by atoms with E-state index in [9.17, 15) is 4.79 Å². The van der Waals surface area contributed by atoms with E-state index >= 15 is 0 Å². The molecular weight excluding hydrogens is 286 g/mol. The summed E-state index contributed by atoms with van der Waals surface area (Å²) >= 11 is 2.51. The molecule has 100 valence electrons. The molecule has 3 N–H and O–H groups in total. The number of nitrogens with zero attached hydrogens (tertiary/aromatic N) is 5. The molecule has 2 rings (SSSR count). The zero-order valence-electron chi connectivity index (χ0n) is 10.2. The molecule has 0 aromatic carbocycles. The maximum Gasteiger partial charge on any atom is 0.239 e. The normalized spacial score (nSPS) is 12.1. The molecule has 0 aliphatic carbocycles. The Morgan fingerprint density at radius 3 is 2.89 bits per heavy atom. The van der Waals surface area contributed by atoms with Crippen LogP contribution in [0.4, 0.5) is 11.1 Å². The van der Waals surface area contributed by atoms with Crippen molar-refractivity contribution in [3.63, 3.8) is 0 Å². The standard InChI is InChI=1S/C9H11N7OS2/c1-4(18-8-12-3-11-7(10)14-8)6(17)13-9-16-15-5(2)19-9/h3-4H,1-2H3,(H,13,16,17)(H2,10,11,12,14). The number of amides is 1. The van der Waals surface area contributed by atoms with Gasteiger partial charge in [-0.3, -0.25) is 10.1 Å². The van der Waals surface area contributed by atoms with Crippen LogP contribution in [0.25, 0.3) is 0 Å². The van der Waals surface area contributed by atoms with E-state index in [1.165, 1.54) is 29.4 Å². The molecule has 2 aromatic rings. The number of carbonyl (C=O) groups is 1. The molecule has 0 saturated carbocycles. The molecule has 0 aliphatic rings. The Morgan fingerprint density at radius 1 is 1.47 bits per heavy atom. The second-order valence-electron chi connectivity index (χ2n) is 3.50. The largest absolute Gasteiger partial charge is 0.368 e. The number of hydrogen-bond donors (Lipinski definition) is 2. The average molecular weight is 297 g/mol. The lowest BCUT2D eigenvalue weighted by Gasteiger charge is -2.08. The molecule has 0 aliphatic heterocycles. The third-order valence-corrected chi connectivity index (χ3v) is 3.71. The van der Waals surface area contributed by atoms with Crippen molar-refractivity contribution < 1.29 is 4.79 Å². The molecule has 1 amide bonds. The van der Waals surface area contributed by atoms with Gasteiger partial charge < -0.3 is 5.73 Å². The molecule has 2 heterocycles. The van der Waals surface area contributed by atoms with Gasteiger partial charge in [-0.1, -0.05) is 23.1 Å². The Kier molecular flexibility index (Phi) is 4.22. The van der Waals surface area contributed by atoms with Crippen LogP contribution in [0.1, 0.15) is 11.9 Å². The van der Waals surface area contributed by atoms with Crippen LogP contribution >= 0.6 is 23.1 Å². The lowest BCUT2D eigenvalue weighted by molar-refractivity contribution is -0.115. The number of nitrogens with two attached hydrogens (primary N) is 1. The number of thioether (sulfide) groups is 1. The summed E-state index contributed by atoms with van der Waals surface area (Å²) in [6.07, 6.45) is 1.31. The second-order valence-corrected chi connectivity index (χ2v) is 5.99. The molecule has 0 saturated heterocycles. The van der Waals surface area contributed by atoms with Gasteiger partial charge in [-0.25, -0.2) is 9.97 Å². The summed E-state index contributed by atoms with van der Waals surface area (Å²) in [7, 11) is 0. The highest BCUT2D eigenvalue weighted by Crippen LogP contribution is 2.21. The first-order valence-corrected chi connectivity index (χ1v) is 6.96. The molecule has 0 radical (unpaired) electrons. The van der Waals surface area contributed by atoms with Crippen molar-refractivity contribution in [2.75, 3.05) is 11.1 Å². The smallest absolute Gasteiger partial charge is 0.239 e. The van der Waals surface area contributed by atoms with E-state index in [1.807, 2.05) is 6.92 Å². The van der Waals surface area contributed by atoms with E-state index in [4.69, 9.17) is 5.73 Å². The number of nitrogens with one attached hydrogen (secondary N) is 1. The van der Waals surface area contributed by atoms with Crippen LogP contribution in [0.2, 0.25) is 0 Å². The van der Waals surface area contributed by atoms with Gasteiger partial charge in [0.2, 0.25) is 17.0 Å². The Bertz CT molecular complexity index is 587. The fourth-order valence-electron chi connectivity index (χ4n) is 1.12. The van der Waals surface area contributed by atoms with E-state index < -0.39 is 0 Å². The van der Waals surface area contributed by atoms with Crippen molar-refractivity contribution in [1.29, 1.82) is 0 Å². The van der Waals surface area contributed by atoms with E-state index in [-0.39, 0.29) is 17.1 Å². The van der Waals surface area contributed by atoms with Crippen LogP contribution in [0.5, 0.6) is 0 Å². The topological polar surface area (TPSA) is 120 Å². The van der Waals surface area contributed by atoms with E-state index in [2.05, 4.69) is 30.5 Å². The molecule has 1 unspecified atom stereocenters. The van der Waals surface area contributed by atoms with Gasteiger partial charge in [0.25, 0.3) is 0 Å². The second kappa shape index (κ2) is 5.89. The van der Waals surface area contributed by atoms with Gasteiger partial charge >= 0.3 is 0 Å². The molecule has 0 fully saturated rings. The van der Waals surface area contributed by atoms with Gasteiger partial charge in [-0.2, -0.15) is 4.98 Å². The first-order chi connectivity index (χ1) is 9.04. The summed E-state index contributed by atoms with van der Waals surface area (Å²) in [4.78, 5) is 23.5. The van der Waals surface area contributed by atoms with Gasteiger partial charge in [0.1, 0.15) is 11.3 Å². The molecule has 8 nitrogen and oxygen atoms in total. The minimum atomic E-state index is -0.383. The van der Waals surface area contributed by atoms with E-state index in [0.29, 0.717) is 10.3 Å². The van der Waals surface area contributed by atoms with Gasteiger partial charge in [-0.05, 0) is 13.8 Å². The highest BCUT2D eigenvalue weighted by atomic mass is 32.2. The van der Waals surface area contributed by atoms with Crippen LogP contribution in [0.15, 0.2) is 11.5 Å². The molecule has 19 heavy (non-hydrogen) atoms. The number of anilines is 2. The van der Waals surface area contributed by atoms with Crippen molar-refractivity contribution in [2.45, 2.75) is 24.3 Å². The molecular formula is C9H11N7OS2.